The first-order valence-electron chi connectivity index (χ1n) is 3.66. The third-order valence-corrected chi connectivity index (χ3v) is 1.65. The molecule has 1 aromatic carbocycles. The summed E-state index contributed by atoms with van der Waals surface area (Å²) in [5.41, 5.74) is 6.74. The maximum atomic E-state index is 5.68. The molecule has 0 aliphatic carbocycles. The first-order valence-corrected chi connectivity index (χ1v) is 4.93. The van der Waals surface area contributed by atoms with Crippen molar-refractivity contribution in [3.05, 3.63) is 34.9 Å². The van der Waals surface area contributed by atoms with Crippen molar-refractivity contribution >= 4 is 24.2 Å². The molecule has 68 valence electrons. The van der Waals surface area contributed by atoms with Crippen molar-refractivity contribution in [3.63, 3.8) is 0 Å². The molecule has 0 saturated carbocycles. The molecule has 1 aromatic rings. The minimum Gasteiger partial charge on any atom is -0.324 e. The van der Waals surface area contributed by atoms with Crippen LogP contribution in [0.2, 0.25) is 5.02 Å². The summed E-state index contributed by atoms with van der Waals surface area (Å²) in [6, 6.07) is 7.66. The van der Waals surface area contributed by atoms with Crippen molar-refractivity contribution in [3.8, 4) is 0 Å². The van der Waals surface area contributed by atoms with E-state index in [0.717, 1.165) is 10.6 Å². The Balaban J connectivity index is 0.000000561. The minimum atomic E-state index is 0.0947. The van der Waals surface area contributed by atoms with Gasteiger partial charge in [0.1, 0.15) is 0 Å². The largest absolute Gasteiger partial charge is 0.324 e. The van der Waals surface area contributed by atoms with E-state index in [1.54, 1.807) is 6.26 Å². The lowest BCUT2D eigenvalue weighted by Gasteiger charge is -2.03. The van der Waals surface area contributed by atoms with Crippen LogP contribution in [0.5, 0.6) is 0 Å². The van der Waals surface area contributed by atoms with Gasteiger partial charge in [0.15, 0.2) is 0 Å². The molecule has 0 aliphatic rings. The van der Waals surface area contributed by atoms with Gasteiger partial charge in [0, 0.05) is 11.1 Å². The molecule has 0 aliphatic heterocycles. The van der Waals surface area contributed by atoms with Gasteiger partial charge < -0.3 is 5.73 Å². The summed E-state index contributed by atoms with van der Waals surface area (Å²) in [7, 11) is 0. The first kappa shape index (κ1) is 11.8. The lowest BCUT2D eigenvalue weighted by atomic mass is 10.1. The molecule has 1 atom stereocenters. The molecule has 0 saturated heterocycles. The molecule has 0 radical (unpaired) electrons. The second-order valence-corrected chi connectivity index (χ2v) is 2.78. The van der Waals surface area contributed by atoms with E-state index in [1.807, 2.05) is 31.2 Å². The second kappa shape index (κ2) is 6.35. The Kier molecular flexibility index (Phi) is 6.25. The minimum absolute atomic E-state index is 0.0947. The fourth-order valence-electron chi connectivity index (χ4n) is 0.766. The van der Waals surface area contributed by atoms with E-state index in [2.05, 4.69) is 12.6 Å². The summed E-state index contributed by atoms with van der Waals surface area (Å²) in [4.78, 5) is 0. The third kappa shape index (κ3) is 4.00. The number of halogens is 1. The van der Waals surface area contributed by atoms with Gasteiger partial charge in [0.2, 0.25) is 0 Å². The number of hydrogen-bond acceptors (Lipinski definition) is 2. The van der Waals surface area contributed by atoms with Crippen LogP contribution in [0, 0.1) is 0 Å². The van der Waals surface area contributed by atoms with E-state index in [9.17, 15) is 0 Å². The summed E-state index contributed by atoms with van der Waals surface area (Å²) in [5.74, 6) is 0. The van der Waals surface area contributed by atoms with Crippen LogP contribution in [0.1, 0.15) is 18.5 Å². The van der Waals surface area contributed by atoms with Crippen LogP contribution in [0.3, 0.4) is 0 Å². The van der Waals surface area contributed by atoms with Gasteiger partial charge in [-0.1, -0.05) is 23.7 Å². The summed E-state index contributed by atoms with van der Waals surface area (Å²) in [6.07, 6.45) is 1.69. The average molecular weight is 204 g/mol. The van der Waals surface area contributed by atoms with Crippen molar-refractivity contribution in [2.45, 2.75) is 13.0 Å². The highest BCUT2D eigenvalue weighted by atomic mass is 35.5. The second-order valence-electron chi connectivity index (χ2n) is 2.34. The van der Waals surface area contributed by atoms with Crippen LogP contribution < -0.4 is 5.73 Å². The van der Waals surface area contributed by atoms with Crippen LogP contribution in [0.25, 0.3) is 0 Å². The summed E-state index contributed by atoms with van der Waals surface area (Å²) >= 11 is 9.20. The number of nitrogens with two attached hydrogens (primary N) is 1. The van der Waals surface area contributed by atoms with E-state index >= 15 is 0 Å². The van der Waals surface area contributed by atoms with Gasteiger partial charge in [0.25, 0.3) is 0 Å². The van der Waals surface area contributed by atoms with Gasteiger partial charge >= 0.3 is 0 Å². The zero-order chi connectivity index (χ0) is 9.56. The summed E-state index contributed by atoms with van der Waals surface area (Å²) < 4.78 is 0. The van der Waals surface area contributed by atoms with Crippen LogP contribution in [0.15, 0.2) is 24.3 Å². The van der Waals surface area contributed by atoms with E-state index in [-0.39, 0.29) is 6.04 Å². The molecule has 0 bridgehead atoms. The first-order chi connectivity index (χ1) is 5.70. The Morgan fingerprint density at radius 1 is 1.25 bits per heavy atom. The summed E-state index contributed by atoms with van der Waals surface area (Å²) in [5, 5.41) is 0.754. The molecule has 1 rings (SSSR count). The standard InChI is InChI=1S/C8H10ClN.CH4S/c1-6(10)7-2-4-8(9)5-3-7;1-2/h2-6H,10H2,1H3;2H,1H3. The fourth-order valence-corrected chi connectivity index (χ4v) is 0.892. The summed E-state index contributed by atoms with van der Waals surface area (Å²) in [6.45, 7) is 1.95. The van der Waals surface area contributed by atoms with Gasteiger partial charge in [-0.2, -0.15) is 12.6 Å². The van der Waals surface area contributed by atoms with Crippen molar-refractivity contribution in [1.29, 1.82) is 0 Å². The van der Waals surface area contributed by atoms with E-state index in [1.165, 1.54) is 0 Å². The third-order valence-electron chi connectivity index (χ3n) is 1.40. The quantitative estimate of drug-likeness (QED) is 0.675. The molecule has 0 aromatic heterocycles. The molecule has 0 amide bonds. The number of thiol groups is 1. The molecular weight excluding hydrogens is 190 g/mol. The van der Waals surface area contributed by atoms with Crippen LogP contribution in [-0.4, -0.2) is 6.26 Å². The Morgan fingerprint density at radius 2 is 1.67 bits per heavy atom. The number of benzene rings is 1. The molecule has 12 heavy (non-hydrogen) atoms. The zero-order valence-corrected chi connectivity index (χ0v) is 8.94. The lowest BCUT2D eigenvalue weighted by Crippen LogP contribution is -2.03. The van der Waals surface area contributed by atoms with Crippen LogP contribution in [0.4, 0.5) is 0 Å². The van der Waals surface area contributed by atoms with Crippen LogP contribution in [-0.2, 0) is 0 Å². The van der Waals surface area contributed by atoms with Crippen molar-refractivity contribution in [2.75, 3.05) is 6.26 Å². The Morgan fingerprint density at radius 3 is 2.00 bits per heavy atom. The topological polar surface area (TPSA) is 26.0 Å². The molecule has 1 unspecified atom stereocenters. The highest BCUT2D eigenvalue weighted by Gasteiger charge is 1.96. The number of hydrogen-bond donors (Lipinski definition) is 2. The average Bonchev–Trinajstić information content (AvgIpc) is 2.09. The van der Waals surface area contributed by atoms with Gasteiger partial charge in [0.05, 0.1) is 0 Å². The van der Waals surface area contributed by atoms with Crippen LogP contribution >= 0.6 is 24.2 Å². The molecule has 1 nitrogen and oxygen atoms in total. The maximum absolute atomic E-state index is 5.68. The van der Waals surface area contributed by atoms with E-state index in [0.29, 0.717) is 0 Å². The monoisotopic (exact) mass is 203 g/mol. The van der Waals surface area contributed by atoms with Gasteiger partial charge in [-0.15, -0.1) is 0 Å². The predicted molar refractivity (Wildman–Crippen MR) is 59.0 cm³/mol. The highest BCUT2D eigenvalue weighted by molar-refractivity contribution is 7.79. The Bertz CT molecular complexity index is 208. The van der Waals surface area contributed by atoms with Gasteiger partial charge in [-0.05, 0) is 30.9 Å². The molecule has 2 N–H and O–H groups in total. The van der Waals surface area contributed by atoms with E-state index in [4.69, 9.17) is 17.3 Å². The van der Waals surface area contributed by atoms with Crippen molar-refractivity contribution in [1.82, 2.24) is 0 Å². The SMILES string of the molecule is CC(N)c1ccc(Cl)cc1.CS. The lowest BCUT2D eigenvalue weighted by molar-refractivity contribution is 0.818. The molecular formula is C9H14ClNS. The molecule has 0 heterocycles. The van der Waals surface area contributed by atoms with E-state index < -0.39 is 0 Å². The maximum Gasteiger partial charge on any atom is 0.0406 e. The highest BCUT2D eigenvalue weighted by Crippen LogP contribution is 2.13. The Labute approximate surface area is 84.3 Å². The molecule has 0 spiro atoms. The fraction of sp³-hybridized carbons (Fsp3) is 0.333. The zero-order valence-electron chi connectivity index (χ0n) is 7.29. The van der Waals surface area contributed by atoms with Gasteiger partial charge in [-0.25, -0.2) is 0 Å². The normalized spacial score (nSPS) is 11.4. The number of rotatable bonds is 1. The van der Waals surface area contributed by atoms with Gasteiger partial charge in [-0.3, -0.25) is 0 Å². The molecule has 0 fully saturated rings. The Hall–Kier alpha value is -0.180. The molecule has 3 heteroatoms. The predicted octanol–water partition coefficient (Wildman–Crippen LogP) is 2.91. The van der Waals surface area contributed by atoms with Crippen molar-refractivity contribution < 1.29 is 0 Å². The smallest absolute Gasteiger partial charge is 0.0406 e. The van der Waals surface area contributed by atoms with Crippen molar-refractivity contribution in [2.24, 2.45) is 5.73 Å².